The minimum atomic E-state index is -0.208. The molecule has 0 aliphatic rings. The number of carbonyl (C=O) groups excluding carboxylic acids is 1. The number of nitrogens with one attached hydrogen (secondary N) is 1. The van der Waals surface area contributed by atoms with Gasteiger partial charge in [0.25, 0.3) is 5.91 Å². The van der Waals surface area contributed by atoms with Gasteiger partial charge in [-0.2, -0.15) is 0 Å². The van der Waals surface area contributed by atoms with Crippen molar-refractivity contribution in [3.8, 4) is 5.75 Å². The third-order valence-corrected chi connectivity index (χ3v) is 2.90. The van der Waals surface area contributed by atoms with E-state index in [0.717, 1.165) is 11.5 Å². The molecular weight excluding hydrogens is 280 g/mol. The van der Waals surface area contributed by atoms with Gasteiger partial charge in [0.1, 0.15) is 17.4 Å². The summed E-state index contributed by atoms with van der Waals surface area (Å²) < 4.78 is 5.38. The maximum atomic E-state index is 11.8. The minimum Gasteiger partial charge on any atom is -0.484 e. The van der Waals surface area contributed by atoms with E-state index < -0.39 is 0 Å². The molecule has 6 heteroatoms. The molecule has 2 aromatic rings. The van der Waals surface area contributed by atoms with Gasteiger partial charge >= 0.3 is 0 Å². The van der Waals surface area contributed by atoms with Crippen LogP contribution in [0, 0.1) is 6.92 Å². The summed E-state index contributed by atoms with van der Waals surface area (Å²) in [6.07, 6.45) is 0. The van der Waals surface area contributed by atoms with Gasteiger partial charge in [0.2, 0.25) is 0 Å². The lowest BCUT2D eigenvalue weighted by Gasteiger charge is -2.13. The average Bonchev–Trinajstić information content (AvgIpc) is 2.51. The number of amides is 1. The molecule has 0 fully saturated rings. The van der Waals surface area contributed by atoms with Crippen LogP contribution in [0.25, 0.3) is 0 Å². The number of nitrogens with zero attached hydrogens (tertiary/aromatic N) is 3. The molecule has 0 aliphatic heterocycles. The predicted octanol–water partition coefficient (Wildman–Crippen LogP) is 1.55. The maximum Gasteiger partial charge on any atom is 0.258 e. The van der Waals surface area contributed by atoms with Gasteiger partial charge in [0.05, 0.1) is 6.54 Å². The Balaban J connectivity index is 1.86. The highest BCUT2D eigenvalue weighted by molar-refractivity contribution is 5.77. The van der Waals surface area contributed by atoms with E-state index in [4.69, 9.17) is 4.74 Å². The highest BCUT2D eigenvalue weighted by atomic mass is 16.5. The van der Waals surface area contributed by atoms with Gasteiger partial charge in [-0.1, -0.05) is 18.2 Å². The zero-order valence-electron chi connectivity index (χ0n) is 13.0. The molecule has 0 bridgehead atoms. The molecule has 0 unspecified atom stereocenters. The molecule has 1 aromatic carbocycles. The van der Waals surface area contributed by atoms with Crippen molar-refractivity contribution in [1.29, 1.82) is 0 Å². The van der Waals surface area contributed by atoms with Crippen LogP contribution in [0.4, 0.5) is 5.82 Å². The number of ether oxygens (including phenoxy) is 1. The number of carbonyl (C=O) groups is 1. The fourth-order valence-electron chi connectivity index (χ4n) is 1.81. The van der Waals surface area contributed by atoms with Gasteiger partial charge in [-0.25, -0.2) is 9.97 Å². The Hall–Kier alpha value is -2.63. The Bertz CT molecular complexity index is 629. The number of anilines is 1. The first-order chi connectivity index (χ1) is 10.5. The lowest BCUT2D eigenvalue weighted by Crippen LogP contribution is -2.29. The van der Waals surface area contributed by atoms with Gasteiger partial charge in [-0.3, -0.25) is 4.79 Å². The van der Waals surface area contributed by atoms with E-state index in [-0.39, 0.29) is 19.1 Å². The molecule has 1 aromatic heterocycles. The molecular formula is C16H20N4O2. The smallest absolute Gasteiger partial charge is 0.258 e. The van der Waals surface area contributed by atoms with Gasteiger partial charge in [0.15, 0.2) is 6.61 Å². The Morgan fingerprint density at radius 2 is 1.95 bits per heavy atom. The highest BCUT2D eigenvalue weighted by Gasteiger charge is 2.07. The maximum absolute atomic E-state index is 11.8. The summed E-state index contributed by atoms with van der Waals surface area (Å²) in [6, 6.07) is 11.1. The summed E-state index contributed by atoms with van der Waals surface area (Å²) in [5, 5.41) is 2.76. The molecule has 0 atom stereocenters. The predicted molar refractivity (Wildman–Crippen MR) is 84.9 cm³/mol. The Labute approximate surface area is 130 Å². The largest absolute Gasteiger partial charge is 0.484 e. The topological polar surface area (TPSA) is 67.4 Å². The van der Waals surface area contributed by atoms with Crippen molar-refractivity contribution in [2.75, 3.05) is 25.6 Å². The number of benzene rings is 1. The second-order valence-corrected chi connectivity index (χ2v) is 5.06. The van der Waals surface area contributed by atoms with Gasteiger partial charge < -0.3 is 15.0 Å². The number of hydrogen-bond acceptors (Lipinski definition) is 5. The van der Waals surface area contributed by atoms with Crippen LogP contribution in [-0.4, -0.2) is 36.6 Å². The lowest BCUT2D eigenvalue weighted by atomic mass is 10.3. The van der Waals surface area contributed by atoms with Gasteiger partial charge in [0, 0.05) is 25.9 Å². The molecule has 6 nitrogen and oxygen atoms in total. The van der Waals surface area contributed by atoms with E-state index in [1.807, 2.05) is 50.2 Å². The molecule has 116 valence electrons. The first kappa shape index (κ1) is 15.8. The van der Waals surface area contributed by atoms with E-state index in [1.165, 1.54) is 0 Å². The second-order valence-electron chi connectivity index (χ2n) is 5.06. The quantitative estimate of drug-likeness (QED) is 0.876. The Morgan fingerprint density at radius 1 is 1.23 bits per heavy atom. The van der Waals surface area contributed by atoms with E-state index in [9.17, 15) is 4.79 Å². The molecule has 2 rings (SSSR count). The number of hydrogen-bond donors (Lipinski definition) is 1. The Morgan fingerprint density at radius 3 is 2.64 bits per heavy atom. The van der Waals surface area contributed by atoms with Gasteiger partial charge in [-0.05, 0) is 19.1 Å². The summed E-state index contributed by atoms with van der Waals surface area (Å²) >= 11 is 0. The zero-order valence-corrected chi connectivity index (χ0v) is 13.0. The normalized spacial score (nSPS) is 10.1. The van der Waals surface area contributed by atoms with Crippen LogP contribution < -0.4 is 15.0 Å². The molecule has 1 N–H and O–H groups in total. The first-order valence-corrected chi connectivity index (χ1v) is 7.01. The monoisotopic (exact) mass is 300 g/mol. The molecule has 0 saturated carbocycles. The molecule has 0 spiro atoms. The average molecular weight is 300 g/mol. The van der Waals surface area contributed by atoms with E-state index in [0.29, 0.717) is 11.6 Å². The van der Waals surface area contributed by atoms with Crippen molar-refractivity contribution >= 4 is 11.7 Å². The standard InChI is InChI=1S/C16H20N4O2/c1-12-9-15(20(2)3)19-14(18-12)10-17-16(21)11-22-13-7-5-4-6-8-13/h4-9H,10-11H2,1-3H3,(H,17,21). The summed E-state index contributed by atoms with van der Waals surface area (Å²) in [5.41, 5.74) is 0.864. The van der Waals surface area contributed by atoms with E-state index >= 15 is 0 Å². The van der Waals surface area contributed by atoms with E-state index in [1.54, 1.807) is 12.1 Å². The molecule has 0 aliphatic carbocycles. The molecule has 1 amide bonds. The van der Waals surface area contributed by atoms with E-state index in [2.05, 4.69) is 15.3 Å². The van der Waals surface area contributed by atoms with Gasteiger partial charge in [-0.15, -0.1) is 0 Å². The van der Waals surface area contributed by atoms with Crippen molar-refractivity contribution in [3.63, 3.8) is 0 Å². The summed E-state index contributed by atoms with van der Waals surface area (Å²) in [4.78, 5) is 22.4. The van der Waals surface area contributed by atoms with Crippen LogP contribution in [0.3, 0.4) is 0 Å². The van der Waals surface area contributed by atoms with Crippen molar-refractivity contribution in [2.45, 2.75) is 13.5 Å². The van der Waals surface area contributed by atoms with Crippen molar-refractivity contribution in [3.05, 3.63) is 47.9 Å². The molecule has 0 radical (unpaired) electrons. The first-order valence-electron chi connectivity index (χ1n) is 7.01. The fraction of sp³-hybridized carbons (Fsp3) is 0.312. The van der Waals surface area contributed by atoms with Crippen LogP contribution >= 0.6 is 0 Å². The number of aryl methyl sites for hydroxylation is 1. The second kappa shape index (κ2) is 7.40. The molecule has 0 saturated heterocycles. The van der Waals surface area contributed by atoms with Crippen molar-refractivity contribution in [2.24, 2.45) is 0 Å². The van der Waals surface area contributed by atoms with Crippen LogP contribution in [0.2, 0.25) is 0 Å². The number of rotatable bonds is 6. The van der Waals surface area contributed by atoms with Crippen LogP contribution in [-0.2, 0) is 11.3 Å². The lowest BCUT2D eigenvalue weighted by molar-refractivity contribution is -0.123. The van der Waals surface area contributed by atoms with Crippen LogP contribution in [0.1, 0.15) is 11.5 Å². The number of para-hydroxylation sites is 1. The summed E-state index contributed by atoms with van der Waals surface area (Å²) in [7, 11) is 3.83. The van der Waals surface area contributed by atoms with Crippen LogP contribution in [0.5, 0.6) is 5.75 Å². The van der Waals surface area contributed by atoms with Crippen LogP contribution in [0.15, 0.2) is 36.4 Å². The minimum absolute atomic E-state index is 0.0314. The number of aromatic nitrogens is 2. The third-order valence-electron chi connectivity index (χ3n) is 2.90. The fourth-order valence-corrected chi connectivity index (χ4v) is 1.81. The highest BCUT2D eigenvalue weighted by Crippen LogP contribution is 2.09. The van der Waals surface area contributed by atoms with Crippen molar-refractivity contribution < 1.29 is 9.53 Å². The zero-order chi connectivity index (χ0) is 15.9. The van der Waals surface area contributed by atoms with Crippen molar-refractivity contribution in [1.82, 2.24) is 15.3 Å². The Kier molecular flexibility index (Phi) is 5.30. The summed E-state index contributed by atoms with van der Waals surface area (Å²) in [6.45, 7) is 2.15. The summed E-state index contributed by atoms with van der Waals surface area (Å²) in [5.74, 6) is 1.86. The molecule has 22 heavy (non-hydrogen) atoms. The molecule has 1 heterocycles. The SMILES string of the molecule is Cc1cc(N(C)C)nc(CNC(=O)COc2ccccc2)n1. The third kappa shape index (κ3) is 4.73.